The summed E-state index contributed by atoms with van der Waals surface area (Å²) in [4.78, 5) is 31.1. The molecular formula is C28H26N2O3. The maximum Gasteiger partial charge on any atom is 0.338 e. The summed E-state index contributed by atoms with van der Waals surface area (Å²) >= 11 is 0. The minimum atomic E-state index is -1.25. The number of aromatic nitrogens is 1. The van der Waals surface area contributed by atoms with E-state index in [0.29, 0.717) is 5.71 Å². The monoisotopic (exact) mass is 438 g/mol. The van der Waals surface area contributed by atoms with Gasteiger partial charge in [0, 0.05) is 41.7 Å². The fourth-order valence-corrected chi connectivity index (χ4v) is 3.97. The number of hydrogen-bond donors (Lipinski definition) is 0. The lowest BCUT2D eigenvalue weighted by Gasteiger charge is -2.14. The second-order valence-corrected chi connectivity index (χ2v) is 7.79. The van der Waals surface area contributed by atoms with E-state index in [1.807, 2.05) is 103 Å². The molecule has 0 aliphatic carbocycles. The van der Waals surface area contributed by atoms with E-state index < -0.39 is 12.0 Å². The largest absolute Gasteiger partial charge is 0.464 e. The van der Waals surface area contributed by atoms with Gasteiger partial charge in [0.1, 0.15) is 0 Å². The Bertz CT molecular complexity index is 1250. The number of esters is 1. The van der Waals surface area contributed by atoms with Crippen molar-refractivity contribution in [1.29, 1.82) is 0 Å². The average molecular weight is 439 g/mol. The molecule has 0 saturated heterocycles. The van der Waals surface area contributed by atoms with Crippen LogP contribution in [0, 0.1) is 0 Å². The van der Waals surface area contributed by atoms with Gasteiger partial charge in [-0.05, 0) is 18.6 Å². The van der Waals surface area contributed by atoms with Gasteiger partial charge in [-0.15, -0.1) is 0 Å². The van der Waals surface area contributed by atoms with Crippen molar-refractivity contribution in [3.8, 4) is 0 Å². The second kappa shape index (κ2) is 10.1. The smallest absolute Gasteiger partial charge is 0.338 e. The molecule has 0 N–H and O–H groups in total. The van der Waals surface area contributed by atoms with Gasteiger partial charge in [-0.2, -0.15) is 0 Å². The van der Waals surface area contributed by atoms with Crippen molar-refractivity contribution >= 4 is 28.4 Å². The van der Waals surface area contributed by atoms with Gasteiger partial charge in [0.25, 0.3) is 0 Å². The molecule has 4 rings (SSSR count). The second-order valence-electron chi connectivity index (χ2n) is 7.79. The zero-order chi connectivity index (χ0) is 23.2. The Labute approximate surface area is 193 Å². The molecule has 1 atom stereocenters. The van der Waals surface area contributed by atoms with Gasteiger partial charge >= 0.3 is 5.97 Å². The number of rotatable bonds is 8. The molecule has 1 heterocycles. The minimum Gasteiger partial charge on any atom is -0.464 e. The Kier molecular flexibility index (Phi) is 6.79. The van der Waals surface area contributed by atoms with Crippen LogP contribution in [0.1, 0.15) is 23.6 Å². The Hall–Kier alpha value is -3.99. The van der Waals surface area contributed by atoms with Gasteiger partial charge in [-0.1, -0.05) is 78.9 Å². The first-order valence-electron chi connectivity index (χ1n) is 11.0. The van der Waals surface area contributed by atoms with Gasteiger partial charge in [0.05, 0.1) is 12.3 Å². The van der Waals surface area contributed by atoms with Gasteiger partial charge in [-0.3, -0.25) is 9.79 Å². The van der Waals surface area contributed by atoms with Crippen LogP contribution in [0.4, 0.5) is 0 Å². The number of fused-ring (bicyclic) bond motifs is 1. The first-order chi connectivity index (χ1) is 16.1. The number of aryl methyl sites for hydroxylation is 1. The topological polar surface area (TPSA) is 60.7 Å². The highest BCUT2D eigenvalue weighted by Gasteiger charge is 2.29. The maximum atomic E-state index is 13.5. The molecule has 0 radical (unpaired) electrons. The number of nitrogens with zero attached hydrogens (tertiary/aromatic N) is 2. The molecule has 5 nitrogen and oxygen atoms in total. The molecule has 0 saturated carbocycles. The molecule has 0 spiro atoms. The van der Waals surface area contributed by atoms with Crippen molar-refractivity contribution in [1.82, 2.24) is 4.57 Å². The van der Waals surface area contributed by atoms with E-state index in [4.69, 9.17) is 9.73 Å². The first kappa shape index (κ1) is 22.2. The zero-order valence-corrected chi connectivity index (χ0v) is 18.8. The normalized spacial score (nSPS) is 11.7. The van der Waals surface area contributed by atoms with E-state index in [1.165, 1.54) is 0 Å². The van der Waals surface area contributed by atoms with Gasteiger partial charge < -0.3 is 9.30 Å². The van der Waals surface area contributed by atoms with Crippen LogP contribution in [0.25, 0.3) is 10.9 Å². The molecule has 166 valence electrons. The van der Waals surface area contributed by atoms with E-state index in [-0.39, 0.29) is 18.8 Å². The summed E-state index contributed by atoms with van der Waals surface area (Å²) in [5.41, 5.74) is 4.14. The predicted molar refractivity (Wildman–Crippen MR) is 131 cm³/mol. The molecule has 0 amide bonds. The minimum absolute atomic E-state index is 0.0885. The number of benzene rings is 3. The number of carbonyl (C=O) groups excluding carboxylic acids is 2. The van der Waals surface area contributed by atoms with E-state index in [0.717, 1.165) is 27.6 Å². The summed E-state index contributed by atoms with van der Waals surface area (Å²) in [6.07, 6.45) is 2.02. The number of ether oxygens (including phenoxy) is 1. The molecule has 0 bridgehead atoms. The lowest BCUT2D eigenvalue weighted by atomic mass is 10.00. The maximum absolute atomic E-state index is 13.5. The number of carbonyl (C=O) groups is 2. The Morgan fingerprint density at radius 2 is 1.45 bits per heavy atom. The highest BCUT2D eigenvalue weighted by Crippen LogP contribution is 2.22. The van der Waals surface area contributed by atoms with E-state index in [1.54, 1.807) is 6.92 Å². The molecule has 0 aliphatic heterocycles. The van der Waals surface area contributed by atoms with Crippen LogP contribution < -0.4 is 0 Å². The molecule has 33 heavy (non-hydrogen) atoms. The van der Waals surface area contributed by atoms with Crippen molar-refractivity contribution in [3.63, 3.8) is 0 Å². The van der Waals surface area contributed by atoms with Gasteiger partial charge in [0.2, 0.25) is 6.04 Å². The van der Waals surface area contributed by atoms with Crippen molar-refractivity contribution in [2.24, 2.45) is 12.0 Å². The van der Waals surface area contributed by atoms with Crippen LogP contribution in [0.3, 0.4) is 0 Å². The summed E-state index contributed by atoms with van der Waals surface area (Å²) in [7, 11) is 1.94. The third-order valence-corrected chi connectivity index (χ3v) is 5.51. The Balaban J connectivity index is 1.76. The summed E-state index contributed by atoms with van der Waals surface area (Å²) in [5.74, 6) is -0.929. The average Bonchev–Trinajstić information content (AvgIpc) is 3.16. The standard InChI is InChI=1S/C28H26N2O3/c1-3-33-28(32)27(25(31)18-22-19-30(2)24-17-11-10-16-23(22)24)29-26(20-12-6-4-7-13-20)21-14-8-5-9-15-21/h4-17,19,27H,3,18H2,1-2H3. The molecule has 0 fully saturated rings. The fourth-order valence-electron chi connectivity index (χ4n) is 3.97. The summed E-state index contributed by atoms with van der Waals surface area (Å²) in [5, 5.41) is 0.992. The third kappa shape index (κ3) is 4.93. The molecule has 5 heteroatoms. The van der Waals surface area contributed by atoms with E-state index in [2.05, 4.69) is 0 Å². The Morgan fingerprint density at radius 3 is 2.06 bits per heavy atom. The molecule has 1 unspecified atom stereocenters. The van der Waals surface area contributed by atoms with Crippen LogP contribution in [-0.4, -0.2) is 34.7 Å². The molecule has 1 aromatic heterocycles. The Morgan fingerprint density at radius 1 is 0.879 bits per heavy atom. The number of hydrogen-bond acceptors (Lipinski definition) is 4. The highest BCUT2D eigenvalue weighted by molar-refractivity contribution is 6.16. The van der Waals surface area contributed by atoms with Crippen molar-refractivity contribution < 1.29 is 14.3 Å². The highest BCUT2D eigenvalue weighted by atomic mass is 16.5. The van der Waals surface area contributed by atoms with Crippen molar-refractivity contribution in [2.45, 2.75) is 19.4 Å². The van der Waals surface area contributed by atoms with E-state index in [9.17, 15) is 9.59 Å². The van der Waals surface area contributed by atoms with Crippen LogP contribution in [0.2, 0.25) is 0 Å². The van der Waals surface area contributed by atoms with Gasteiger partial charge in [0.15, 0.2) is 5.78 Å². The quantitative estimate of drug-likeness (QED) is 0.226. The van der Waals surface area contributed by atoms with Crippen LogP contribution in [-0.2, 0) is 27.8 Å². The summed E-state index contributed by atoms with van der Waals surface area (Å²) in [6.45, 7) is 1.90. The van der Waals surface area contributed by atoms with Crippen LogP contribution in [0.15, 0.2) is 96.1 Å². The number of Topliss-reactive ketones (excluding diaryl/α,β-unsaturated/α-hetero) is 1. The lowest BCUT2D eigenvalue weighted by molar-refractivity contribution is -0.147. The van der Waals surface area contributed by atoms with Crippen LogP contribution >= 0.6 is 0 Å². The lowest BCUT2D eigenvalue weighted by Crippen LogP contribution is -2.33. The van der Waals surface area contributed by atoms with Gasteiger partial charge in [-0.25, -0.2) is 4.79 Å². The fraction of sp³-hybridized carbons (Fsp3) is 0.179. The SMILES string of the molecule is CCOC(=O)C(N=C(c1ccccc1)c1ccccc1)C(=O)Cc1cn(C)c2ccccc12. The molecule has 3 aromatic carbocycles. The first-order valence-corrected chi connectivity index (χ1v) is 11.0. The van der Waals surface area contributed by atoms with E-state index >= 15 is 0 Å². The molecular weight excluding hydrogens is 412 g/mol. The summed E-state index contributed by atoms with van der Waals surface area (Å²) < 4.78 is 7.24. The molecule has 4 aromatic rings. The van der Waals surface area contributed by atoms with Crippen molar-refractivity contribution in [3.05, 3.63) is 108 Å². The predicted octanol–water partition coefficient (Wildman–Crippen LogP) is 4.76. The number of para-hydroxylation sites is 1. The number of aliphatic imine (C=N–C) groups is 1. The zero-order valence-electron chi connectivity index (χ0n) is 18.8. The van der Waals surface area contributed by atoms with Crippen molar-refractivity contribution in [2.75, 3.05) is 6.61 Å². The third-order valence-electron chi connectivity index (χ3n) is 5.51. The van der Waals surface area contributed by atoms with Crippen LogP contribution in [0.5, 0.6) is 0 Å². The number of ketones is 1. The summed E-state index contributed by atoms with van der Waals surface area (Å²) in [6, 6.07) is 25.8. The molecule has 0 aliphatic rings.